The number of carbonyl (C=O) groups excluding carboxylic acids is 1. The number of pyridine rings is 1. The van der Waals surface area contributed by atoms with Gasteiger partial charge in [-0.2, -0.15) is 0 Å². The van der Waals surface area contributed by atoms with Gasteiger partial charge in [0, 0.05) is 11.9 Å². The van der Waals surface area contributed by atoms with Crippen molar-refractivity contribution in [1.29, 1.82) is 0 Å². The average Bonchev–Trinajstić information content (AvgIpc) is 2.47. The van der Waals surface area contributed by atoms with Gasteiger partial charge in [0.1, 0.15) is 5.69 Å². The summed E-state index contributed by atoms with van der Waals surface area (Å²) in [5.74, 6) is 0.538. The molecular formula is C18H22N2O. The highest BCUT2D eigenvalue weighted by Gasteiger charge is 2.16. The SMILES string of the molecule is CC(C)c1cccc(C(C)C)c1NC(=O)c1ccccn1. The summed E-state index contributed by atoms with van der Waals surface area (Å²) in [6, 6.07) is 11.6. The summed E-state index contributed by atoms with van der Waals surface area (Å²) >= 11 is 0. The summed E-state index contributed by atoms with van der Waals surface area (Å²) in [5.41, 5.74) is 3.68. The van der Waals surface area contributed by atoms with Gasteiger partial charge < -0.3 is 5.32 Å². The van der Waals surface area contributed by atoms with Gasteiger partial charge >= 0.3 is 0 Å². The molecular weight excluding hydrogens is 260 g/mol. The summed E-state index contributed by atoms with van der Waals surface area (Å²) in [5, 5.41) is 3.06. The molecule has 0 unspecified atom stereocenters. The van der Waals surface area contributed by atoms with Gasteiger partial charge in [0.15, 0.2) is 0 Å². The second-order valence-electron chi connectivity index (χ2n) is 5.79. The molecule has 3 nitrogen and oxygen atoms in total. The van der Waals surface area contributed by atoms with Crippen LogP contribution in [0.1, 0.15) is 61.1 Å². The molecule has 0 aliphatic carbocycles. The van der Waals surface area contributed by atoms with Crippen molar-refractivity contribution in [3.05, 3.63) is 59.4 Å². The van der Waals surface area contributed by atoms with E-state index in [1.165, 1.54) is 0 Å². The second-order valence-corrected chi connectivity index (χ2v) is 5.79. The molecule has 1 heterocycles. The molecule has 0 saturated carbocycles. The number of aromatic nitrogens is 1. The van der Waals surface area contributed by atoms with Gasteiger partial charge in [0.05, 0.1) is 0 Å². The van der Waals surface area contributed by atoms with Gasteiger partial charge in [-0.1, -0.05) is 52.0 Å². The summed E-state index contributed by atoms with van der Waals surface area (Å²) in [4.78, 5) is 16.5. The highest BCUT2D eigenvalue weighted by molar-refractivity contribution is 6.03. The van der Waals surface area contributed by atoms with E-state index >= 15 is 0 Å². The Morgan fingerprint density at radius 2 is 1.57 bits per heavy atom. The zero-order chi connectivity index (χ0) is 15.4. The lowest BCUT2D eigenvalue weighted by atomic mass is 9.92. The topological polar surface area (TPSA) is 42.0 Å². The monoisotopic (exact) mass is 282 g/mol. The zero-order valence-electron chi connectivity index (χ0n) is 13.1. The summed E-state index contributed by atoms with van der Waals surface area (Å²) in [6.45, 7) is 8.54. The highest BCUT2D eigenvalue weighted by atomic mass is 16.1. The maximum Gasteiger partial charge on any atom is 0.274 e. The van der Waals surface area contributed by atoms with Crippen LogP contribution in [0.4, 0.5) is 5.69 Å². The molecule has 2 rings (SSSR count). The lowest BCUT2D eigenvalue weighted by molar-refractivity contribution is 0.102. The van der Waals surface area contributed by atoms with E-state index in [-0.39, 0.29) is 5.91 Å². The maximum atomic E-state index is 12.4. The van der Waals surface area contributed by atoms with Crippen LogP contribution < -0.4 is 5.32 Å². The van der Waals surface area contributed by atoms with Crippen LogP contribution in [-0.4, -0.2) is 10.9 Å². The van der Waals surface area contributed by atoms with Crippen molar-refractivity contribution in [3.8, 4) is 0 Å². The third-order valence-corrected chi connectivity index (χ3v) is 3.51. The summed E-state index contributed by atoms with van der Waals surface area (Å²) < 4.78 is 0. The zero-order valence-corrected chi connectivity index (χ0v) is 13.1. The van der Waals surface area contributed by atoms with Gasteiger partial charge in [-0.3, -0.25) is 9.78 Å². The Morgan fingerprint density at radius 1 is 0.952 bits per heavy atom. The predicted molar refractivity (Wildman–Crippen MR) is 86.8 cm³/mol. The quantitative estimate of drug-likeness (QED) is 0.891. The van der Waals surface area contributed by atoms with E-state index in [1.54, 1.807) is 18.3 Å². The first-order valence-electron chi connectivity index (χ1n) is 7.36. The highest BCUT2D eigenvalue weighted by Crippen LogP contribution is 2.32. The number of hydrogen-bond acceptors (Lipinski definition) is 2. The first kappa shape index (κ1) is 15.2. The third-order valence-electron chi connectivity index (χ3n) is 3.51. The molecule has 1 amide bonds. The number of hydrogen-bond donors (Lipinski definition) is 1. The Balaban J connectivity index is 2.40. The van der Waals surface area contributed by atoms with E-state index in [4.69, 9.17) is 0 Å². The second kappa shape index (κ2) is 6.53. The molecule has 3 heteroatoms. The fourth-order valence-corrected chi connectivity index (χ4v) is 2.37. The van der Waals surface area contributed by atoms with Crippen molar-refractivity contribution in [1.82, 2.24) is 4.98 Å². The first-order chi connectivity index (χ1) is 10.0. The Kier molecular flexibility index (Phi) is 4.73. The third kappa shape index (κ3) is 3.48. The molecule has 0 bridgehead atoms. The van der Waals surface area contributed by atoms with Crippen LogP contribution in [0.3, 0.4) is 0 Å². The van der Waals surface area contributed by atoms with Gasteiger partial charge in [-0.15, -0.1) is 0 Å². The minimum atomic E-state index is -0.161. The number of carbonyl (C=O) groups is 1. The Morgan fingerprint density at radius 3 is 2.05 bits per heavy atom. The van der Waals surface area contributed by atoms with Gasteiger partial charge in [-0.05, 0) is 35.1 Å². The van der Waals surface area contributed by atoms with E-state index in [0.717, 1.165) is 16.8 Å². The van der Waals surface area contributed by atoms with Gasteiger partial charge in [0.2, 0.25) is 0 Å². The molecule has 0 radical (unpaired) electrons. The predicted octanol–water partition coefficient (Wildman–Crippen LogP) is 4.58. The summed E-state index contributed by atoms with van der Waals surface area (Å²) in [6.07, 6.45) is 1.63. The first-order valence-corrected chi connectivity index (χ1v) is 7.36. The molecule has 0 aliphatic rings. The molecule has 1 aromatic carbocycles. The van der Waals surface area contributed by atoms with Gasteiger partial charge in [-0.25, -0.2) is 0 Å². The number of amides is 1. The lowest BCUT2D eigenvalue weighted by Gasteiger charge is -2.20. The van der Waals surface area contributed by atoms with Crippen molar-refractivity contribution < 1.29 is 4.79 Å². The van der Waals surface area contributed by atoms with Crippen molar-refractivity contribution in [2.45, 2.75) is 39.5 Å². The van der Waals surface area contributed by atoms with Crippen LogP contribution >= 0.6 is 0 Å². The van der Waals surface area contributed by atoms with Gasteiger partial charge in [0.25, 0.3) is 5.91 Å². The molecule has 0 fully saturated rings. The van der Waals surface area contributed by atoms with Crippen LogP contribution in [0.15, 0.2) is 42.6 Å². The van der Waals surface area contributed by atoms with E-state index in [1.807, 2.05) is 6.07 Å². The molecule has 110 valence electrons. The molecule has 0 saturated heterocycles. The molecule has 1 N–H and O–H groups in total. The normalized spacial score (nSPS) is 11.0. The van der Waals surface area contributed by atoms with Crippen LogP contribution in [0.2, 0.25) is 0 Å². The number of rotatable bonds is 4. The number of nitrogens with one attached hydrogen (secondary N) is 1. The van der Waals surface area contributed by atoms with Crippen molar-refractivity contribution in [2.24, 2.45) is 0 Å². The molecule has 0 aliphatic heterocycles. The van der Waals surface area contributed by atoms with Crippen molar-refractivity contribution >= 4 is 11.6 Å². The fourth-order valence-electron chi connectivity index (χ4n) is 2.37. The standard InChI is InChI=1S/C18H22N2O/c1-12(2)14-8-7-9-15(13(3)4)17(14)20-18(21)16-10-5-6-11-19-16/h5-13H,1-4H3,(H,20,21). The van der Waals surface area contributed by atoms with E-state index in [9.17, 15) is 4.79 Å². The maximum absolute atomic E-state index is 12.4. The Hall–Kier alpha value is -2.16. The molecule has 2 aromatic rings. The van der Waals surface area contributed by atoms with Crippen LogP contribution in [-0.2, 0) is 0 Å². The number of benzene rings is 1. The largest absolute Gasteiger partial charge is 0.320 e. The van der Waals surface area contributed by atoms with E-state index in [0.29, 0.717) is 17.5 Å². The lowest BCUT2D eigenvalue weighted by Crippen LogP contribution is -2.17. The minimum Gasteiger partial charge on any atom is -0.320 e. The van der Waals surface area contributed by atoms with Crippen LogP contribution in [0, 0.1) is 0 Å². The number of anilines is 1. The molecule has 1 aromatic heterocycles. The van der Waals surface area contributed by atoms with Crippen LogP contribution in [0.25, 0.3) is 0 Å². The van der Waals surface area contributed by atoms with E-state index in [2.05, 4.69) is 56.2 Å². The van der Waals surface area contributed by atoms with Crippen LogP contribution in [0.5, 0.6) is 0 Å². The van der Waals surface area contributed by atoms with Crippen molar-refractivity contribution in [2.75, 3.05) is 5.32 Å². The molecule has 0 atom stereocenters. The average molecular weight is 282 g/mol. The Labute approximate surface area is 126 Å². The summed E-state index contributed by atoms with van der Waals surface area (Å²) in [7, 11) is 0. The fraction of sp³-hybridized carbons (Fsp3) is 0.333. The number of nitrogens with zero attached hydrogens (tertiary/aromatic N) is 1. The molecule has 0 spiro atoms. The Bertz CT molecular complexity index is 592. The molecule has 21 heavy (non-hydrogen) atoms. The van der Waals surface area contributed by atoms with E-state index < -0.39 is 0 Å². The smallest absolute Gasteiger partial charge is 0.274 e. The number of para-hydroxylation sites is 1. The van der Waals surface area contributed by atoms with Crippen molar-refractivity contribution in [3.63, 3.8) is 0 Å². The minimum absolute atomic E-state index is 0.161.